The number of benzene rings is 1. The Morgan fingerprint density at radius 2 is 2.06 bits per heavy atom. The first-order valence-electron chi connectivity index (χ1n) is 6.37. The maximum atomic E-state index is 14.2. The molecule has 2 aliphatic rings. The van der Waals surface area contributed by atoms with E-state index in [9.17, 15) is 4.39 Å². The molecule has 3 rings (SSSR count). The molecule has 1 aliphatic carbocycles. The molecule has 1 saturated heterocycles. The number of ether oxygens (including phenoxy) is 1. The van der Waals surface area contributed by atoms with Crippen LogP contribution in [0.2, 0.25) is 0 Å². The van der Waals surface area contributed by atoms with Crippen LogP contribution in [0.15, 0.2) is 22.7 Å². The van der Waals surface area contributed by atoms with Gasteiger partial charge in [-0.2, -0.15) is 0 Å². The molecule has 0 atom stereocenters. The van der Waals surface area contributed by atoms with Gasteiger partial charge in [-0.25, -0.2) is 4.39 Å². The van der Waals surface area contributed by atoms with Gasteiger partial charge >= 0.3 is 0 Å². The SMILES string of the molecule is NCC1(C2(c3cc(Br)ccc3F)COC2)CCC1. The third kappa shape index (κ3) is 1.52. The average molecular weight is 314 g/mol. The van der Waals surface area contributed by atoms with Gasteiger partial charge in [0, 0.05) is 10.0 Å². The zero-order valence-corrected chi connectivity index (χ0v) is 11.8. The first-order valence-corrected chi connectivity index (χ1v) is 7.16. The Morgan fingerprint density at radius 1 is 1.33 bits per heavy atom. The molecule has 0 amide bonds. The Bertz CT molecular complexity index is 463. The van der Waals surface area contributed by atoms with Crippen LogP contribution in [0, 0.1) is 11.2 Å². The summed E-state index contributed by atoms with van der Waals surface area (Å²) in [4.78, 5) is 0. The van der Waals surface area contributed by atoms with Crippen LogP contribution >= 0.6 is 15.9 Å². The Balaban J connectivity index is 2.08. The minimum Gasteiger partial charge on any atom is -0.379 e. The van der Waals surface area contributed by atoms with Crippen molar-refractivity contribution in [1.82, 2.24) is 0 Å². The number of nitrogens with two attached hydrogens (primary N) is 1. The zero-order chi connectivity index (χ0) is 12.8. The van der Waals surface area contributed by atoms with E-state index in [0.29, 0.717) is 19.8 Å². The number of hydrogen-bond acceptors (Lipinski definition) is 2. The van der Waals surface area contributed by atoms with Crippen molar-refractivity contribution >= 4 is 15.9 Å². The third-order valence-electron chi connectivity index (χ3n) is 4.86. The van der Waals surface area contributed by atoms with Gasteiger partial charge in [-0.1, -0.05) is 22.4 Å². The van der Waals surface area contributed by atoms with Crippen LogP contribution in [0.25, 0.3) is 0 Å². The van der Waals surface area contributed by atoms with E-state index >= 15 is 0 Å². The van der Waals surface area contributed by atoms with E-state index in [1.165, 1.54) is 12.5 Å². The van der Waals surface area contributed by atoms with Gasteiger partial charge in [0.15, 0.2) is 0 Å². The van der Waals surface area contributed by atoms with E-state index in [1.54, 1.807) is 6.07 Å². The van der Waals surface area contributed by atoms with Crippen LogP contribution in [0.1, 0.15) is 24.8 Å². The van der Waals surface area contributed by atoms with Crippen molar-refractivity contribution in [1.29, 1.82) is 0 Å². The summed E-state index contributed by atoms with van der Waals surface area (Å²) in [6, 6.07) is 5.16. The van der Waals surface area contributed by atoms with Gasteiger partial charge < -0.3 is 10.5 Å². The fourth-order valence-electron chi connectivity index (χ4n) is 3.40. The van der Waals surface area contributed by atoms with E-state index in [1.807, 2.05) is 6.07 Å². The van der Waals surface area contributed by atoms with Crippen LogP contribution in [-0.2, 0) is 10.2 Å². The molecule has 18 heavy (non-hydrogen) atoms. The van der Waals surface area contributed by atoms with Crippen molar-refractivity contribution < 1.29 is 9.13 Å². The number of hydrogen-bond donors (Lipinski definition) is 1. The highest BCUT2D eigenvalue weighted by Gasteiger charge is 2.59. The molecule has 2 N–H and O–H groups in total. The van der Waals surface area contributed by atoms with Crippen molar-refractivity contribution in [2.24, 2.45) is 11.1 Å². The third-order valence-corrected chi connectivity index (χ3v) is 5.35. The van der Waals surface area contributed by atoms with Crippen LogP contribution in [-0.4, -0.2) is 19.8 Å². The largest absolute Gasteiger partial charge is 0.379 e. The second kappa shape index (κ2) is 4.29. The second-order valence-corrected chi connectivity index (χ2v) is 6.45. The summed E-state index contributed by atoms with van der Waals surface area (Å²) in [5.74, 6) is -0.138. The molecule has 2 nitrogen and oxygen atoms in total. The van der Waals surface area contributed by atoms with Crippen molar-refractivity contribution in [3.8, 4) is 0 Å². The topological polar surface area (TPSA) is 35.2 Å². The second-order valence-electron chi connectivity index (χ2n) is 5.54. The summed E-state index contributed by atoms with van der Waals surface area (Å²) in [7, 11) is 0. The lowest BCUT2D eigenvalue weighted by molar-refractivity contribution is -0.155. The molecule has 1 aromatic rings. The predicted octanol–water partition coefficient (Wildman–Crippen LogP) is 2.99. The van der Waals surface area contributed by atoms with Crippen LogP contribution in [0.4, 0.5) is 4.39 Å². The highest BCUT2D eigenvalue weighted by atomic mass is 79.9. The van der Waals surface area contributed by atoms with E-state index in [-0.39, 0.29) is 16.6 Å². The molecule has 98 valence electrons. The maximum absolute atomic E-state index is 14.2. The number of rotatable bonds is 3. The van der Waals surface area contributed by atoms with Crippen LogP contribution in [0.3, 0.4) is 0 Å². The highest BCUT2D eigenvalue weighted by Crippen LogP contribution is 2.58. The molecule has 0 aromatic heterocycles. The Hall–Kier alpha value is -0.450. The summed E-state index contributed by atoms with van der Waals surface area (Å²) in [5.41, 5.74) is 6.59. The molecule has 0 unspecified atom stereocenters. The van der Waals surface area contributed by atoms with Crippen molar-refractivity contribution in [3.63, 3.8) is 0 Å². The minimum absolute atomic E-state index is 0.0346. The molecular formula is C14H17BrFNO. The smallest absolute Gasteiger partial charge is 0.127 e. The van der Waals surface area contributed by atoms with Gasteiger partial charge in [0.25, 0.3) is 0 Å². The monoisotopic (exact) mass is 313 g/mol. The minimum atomic E-state index is -0.214. The Morgan fingerprint density at radius 3 is 2.50 bits per heavy atom. The fourth-order valence-corrected chi connectivity index (χ4v) is 3.76. The lowest BCUT2D eigenvalue weighted by atomic mass is 9.49. The molecule has 1 aliphatic heterocycles. The lowest BCUT2D eigenvalue weighted by Crippen LogP contribution is -2.64. The zero-order valence-electron chi connectivity index (χ0n) is 10.2. The Labute approximate surface area is 115 Å². The summed E-state index contributed by atoms with van der Waals surface area (Å²) < 4.78 is 20.5. The first-order chi connectivity index (χ1) is 8.63. The summed E-state index contributed by atoms with van der Waals surface area (Å²) in [5, 5.41) is 0. The van der Waals surface area contributed by atoms with Gasteiger partial charge in [-0.15, -0.1) is 0 Å². The molecule has 1 saturated carbocycles. The molecule has 0 bridgehead atoms. The van der Waals surface area contributed by atoms with E-state index < -0.39 is 0 Å². The van der Waals surface area contributed by atoms with Crippen molar-refractivity contribution in [2.75, 3.05) is 19.8 Å². The van der Waals surface area contributed by atoms with Crippen molar-refractivity contribution in [3.05, 3.63) is 34.1 Å². The van der Waals surface area contributed by atoms with Gasteiger partial charge in [0.05, 0.1) is 18.6 Å². The van der Waals surface area contributed by atoms with E-state index in [4.69, 9.17) is 10.5 Å². The van der Waals surface area contributed by atoms with Crippen molar-refractivity contribution in [2.45, 2.75) is 24.7 Å². The molecule has 4 heteroatoms. The van der Waals surface area contributed by atoms with Gasteiger partial charge in [0.1, 0.15) is 5.82 Å². The quantitative estimate of drug-likeness (QED) is 0.931. The molecule has 0 radical (unpaired) electrons. The average Bonchev–Trinajstić information content (AvgIpc) is 2.25. The molecular weight excluding hydrogens is 297 g/mol. The van der Waals surface area contributed by atoms with E-state index in [2.05, 4.69) is 15.9 Å². The number of halogens is 2. The summed E-state index contributed by atoms with van der Waals surface area (Å²) in [6.45, 7) is 1.80. The molecule has 1 aromatic carbocycles. The standard InChI is InChI=1S/C14H17BrFNO/c15-10-2-3-12(16)11(6-10)14(8-18-9-14)13(7-17)4-1-5-13/h2-3,6H,1,4-5,7-9,17H2. The molecule has 0 spiro atoms. The first kappa shape index (κ1) is 12.6. The van der Waals surface area contributed by atoms with E-state index in [0.717, 1.165) is 22.9 Å². The van der Waals surface area contributed by atoms with Gasteiger partial charge in [-0.05, 0) is 43.0 Å². The molecule has 1 heterocycles. The Kier molecular flexibility index (Phi) is 3.00. The normalized spacial score (nSPS) is 24.2. The summed E-state index contributed by atoms with van der Waals surface area (Å²) in [6.07, 6.45) is 3.35. The summed E-state index contributed by atoms with van der Waals surface area (Å²) >= 11 is 3.43. The predicted molar refractivity (Wildman–Crippen MR) is 71.9 cm³/mol. The van der Waals surface area contributed by atoms with Crippen LogP contribution in [0.5, 0.6) is 0 Å². The van der Waals surface area contributed by atoms with Gasteiger partial charge in [-0.3, -0.25) is 0 Å². The van der Waals surface area contributed by atoms with Gasteiger partial charge in [0.2, 0.25) is 0 Å². The highest BCUT2D eigenvalue weighted by molar-refractivity contribution is 9.10. The fraction of sp³-hybridized carbons (Fsp3) is 0.571. The molecule has 2 fully saturated rings. The maximum Gasteiger partial charge on any atom is 0.127 e. The van der Waals surface area contributed by atoms with Crippen LogP contribution < -0.4 is 5.73 Å². The lowest BCUT2D eigenvalue weighted by Gasteiger charge is -2.60.